The van der Waals surface area contributed by atoms with Crippen molar-refractivity contribution in [1.82, 2.24) is 0 Å². The lowest BCUT2D eigenvalue weighted by Crippen LogP contribution is -2.27. The van der Waals surface area contributed by atoms with Crippen LogP contribution in [-0.4, -0.2) is 17.9 Å². The fourth-order valence-corrected chi connectivity index (χ4v) is 1.74. The molecule has 0 radical (unpaired) electrons. The van der Waals surface area contributed by atoms with Crippen molar-refractivity contribution >= 4 is 11.8 Å². The van der Waals surface area contributed by atoms with E-state index in [0.717, 1.165) is 12.8 Å². The molecule has 0 heterocycles. The predicted molar refractivity (Wildman–Crippen MR) is 57.4 cm³/mol. The van der Waals surface area contributed by atoms with Crippen LogP contribution in [0.2, 0.25) is 0 Å². The molecule has 0 bridgehead atoms. The van der Waals surface area contributed by atoms with Gasteiger partial charge in [-0.3, -0.25) is 9.59 Å². The number of carbonyl (C=O) groups excluding carboxylic acids is 2. The normalized spacial score (nSPS) is 26.4. The average molecular weight is 212 g/mol. The van der Waals surface area contributed by atoms with Crippen molar-refractivity contribution in [3.8, 4) is 0 Å². The molecular formula is C12H20O3. The van der Waals surface area contributed by atoms with Gasteiger partial charge in [-0.1, -0.05) is 0 Å². The van der Waals surface area contributed by atoms with Crippen LogP contribution in [0.25, 0.3) is 0 Å². The van der Waals surface area contributed by atoms with Crippen LogP contribution in [-0.2, 0) is 14.3 Å². The summed E-state index contributed by atoms with van der Waals surface area (Å²) >= 11 is 0. The Hall–Kier alpha value is -0.860. The first kappa shape index (κ1) is 12.2. The number of hydrogen-bond acceptors (Lipinski definition) is 3. The third-order valence-electron chi connectivity index (χ3n) is 2.85. The molecule has 0 amide bonds. The average Bonchev–Trinajstić information content (AvgIpc) is 2.50. The maximum Gasteiger partial charge on any atom is 0.311 e. The molecule has 0 aromatic rings. The first-order valence-corrected chi connectivity index (χ1v) is 5.52. The van der Waals surface area contributed by atoms with Crippen molar-refractivity contribution in [2.45, 2.75) is 53.1 Å². The standard InChI is InChI=1S/C12H20O3/c1-8(13)9-5-6-10(7-9)15-11(14)12(2,3)4/h9-10H,5-7H2,1-4H3. The van der Waals surface area contributed by atoms with Gasteiger partial charge < -0.3 is 4.74 Å². The highest BCUT2D eigenvalue weighted by Gasteiger charge is 2.33. The third kappa shape index (κ3) is 3.33. The van der Waals surface area contributed by atoms with E-state index in [1.54, 1.807) is 6.92 Å². The van der Waals surface area contributed by atoms with Gasteiger partial charge in [0.1, 0.15) is 11.9 Å². The van der Waals surface area contributed by atoms with Gasteiger partial charge in [0.15, 0.2) is 0 Å². The van der Waals surface area contributed by atoms with Crippen LogP contribution >= 0.6 is 0 Å². The molecule has 0 aromatic heterocycles. The third-order valence-corrected chi connectivity index (χ3v) is 2.85. The predicted octanol–water partition coefficient (Wildman–Crippen LogP) is 2.33. The SMILES string of the molecule is CC(=O)C1CCC(OC(=O)C(C)(C)C)C1. The number of hydrogen-bond donors (Lipinski definition) is 0. The smallest absolute Gasteiger partial charge is 0.311 e. The topological polar surface area (TPSA) is 43.4 Å². The molecule has 2 atom stereocenters. The van der Waals surface area contributed by atoms with E-state index in [4.69, 9.17) is 4.74 Å². The summed E-state index contributed by atoms with van der Waals surface area (Å²) < 4.78 is 5.36. The van der Waals surface area contributed by atoms with E-state index >= 15 is 0 Å². The van der Waals surface area contributed by atoms with Crippen molar-refractivity contribution in [3.63, 3.8) is 0 Å². The zero-order valence-electron chi connectivity index (χ0n) is 10.0. The molecular weight excluding hydrogens is 192 g/mol. The van der Waals surface area contributed by atoms with Gasteiger partial charge in [-0.2, -0.15) is 0 Å². The molecule has 0 aliphatic heterocycles. The van der Waals surface area contributed by atoms with Crippen LogP contribution in [0.15, 0.2) is 0 Å². The Morgan fingerprint density at radius 1 is 1.20 bits per heavy atom. The summed E-state index contributed by atoms with van der Waals surface area (Å²) in [6.07, 6.45) is 2.34. The Morgan fingerprint density at radius 3 is 2.20 bits per heavy atom. The minimum absolute atomic E-state index is 0.0503. The second kappa shape index (κ2) is 4.33. The van der Waals surface area contributed by atoms with Gasteiger partial charge in [-0.15, -0.1) is 0 Å². The Morgan fingerprint density at radius 2 is 1.80 bits per heavy atom. The van der Waals surface area contributed by atoms with E-state index in [0.29, 0.717) is 6.42 Å². The second-order valence-electron chi connectivity index (χ2n) is 5.40. The Balaban J connectivity index is 2.43. The Kier molecular flexibility index (Phi) is 3.53. The van der Waals surface area contributed by atoms with E-state index in [9.17, 15) is 9.59 Å². The highest BCUT2D eigenvalue weighted by Crippen LogP contribution is 2.30. The number of carbonyl (C=O) groups is 2. The van der Waals surface area contributed by atoms with Crippen LogP contribution in [0.4, 0.5) is 0 Å². The van der Waals surface area contributed by atoms with Gasteiger partial charge in [0, 0.05) is 5.92 Å². The van der Waals surface area contributed by atoms with Crippen molar-refractivity contribution in [1.29, 1.82) is 0 Å². The summed E-state index contributed by atoms with van der Waals surface area (Å²) in [5, 5.41) is 0. The molecule has 3 nitrogen and oxygen atoms in total. The van der Waals surface area contributed by atoms with Crippen LogP contribution < -0.4 is 0 Å². The molecule has 2 unspecified atom stereocenters. The summed E-state index contributed by atoms with van der Waals surface area (Å²) in [5.41, 5.74) is -0.450. The molecule has 3 heteroatoms. The van der Waals surface area contributed by atoms with Gasteiger partial charge in [0.05, 0.1) is 5.41 Å². The first-order valence-electron chi connectivity index (χ1n) is 5.52. The molecule has 86 valence electrons. The fraction of sp³-hybridized carbons (Fsp3) is 0.833. The largest absolute Gasteiger partial charge is 0.462 e. The molecule has 1 rings (SSSR count). The Bertz CT molecular complexity index is 263. The van der Waals surface area contributed by atoms with Gasteiger partial charge in [-0.05, 0) is 47.0 Å². The summed E-state index contributed by atoms with van der Waals surface area (Å²) in [7, 11) is 0. The van der Waals surface area contributed by atoms with Gasteiger partial charge in [0.25, 0.3) is 0 Å². The van der Waals surface area contributed by atoms with Crippen LogP contribution in [0.1, 0.15) is 47.0 Å². The molecule has 0 spiro atoms. The first-order chi connectivity index (χ1) is 6.80. The molecule has 0 N–H and O–H groups in total. The highest BCUT2D eigenvalue weighted by atomic mass is 16.5. The number of rotatable bonds is 2. The van der Waals surface area contributed by atoms with Gasteiger partial charge in [0.2, 0.25) is 0 Å². The van der Waals surface area contributed by atoms with E-state index in [1.165, 1.54) is 0 Å². The monoisotopic (exact) mass is 212 g/mol. The van der Waals surface area contributed by atoms with Crippen molar-refractivity contribution in [3.05, 3.63) is 0 Å². The minimum Gasteiger partial charge on any atom is -0.462 e. The quantitative estimate of drug-likeness (QED) is 0.660. The fourth-order valence-electron chi connectivity index (χ4n) is 1.74. The van der Waals surface area contributed by atoms with E-state index < -0.39 is 5.41 Å². The number of esters is 1. The molecule has 1 aliphatic rings. The Labute approximate surface area is 91.2 Å². The van der Waals surface area contributed by atoms with Crippen LogP contribution in [0.3, 0.4) is 0 Å². The maximum atomic E-state index is 11.6. The lowest BCUT2D eigenvalue weighted by atomic mass is 9.97. The van der Waals surface area contributed by atoms with Crippen molar-refractivity contribution in [2.24, 2.45) is 11.3 Å². The maximum absolute atomic E-state index is 11.6. The zero-order chi connectivity index (χ0) is 11.6. The van der Waals surface area contributed by atoms with Gasteiger partial charge in [-0.25, -0.2) is 0 Å². The number of Topliss-reactive ketones (excluding diaryl/α,β-unsaturated/α-hetero) is 1. The lowest BCUT2D eigenvalue weighted by Gasteiger charge is -2.20. The van der Waals surface area contributed by atoms with Crippen LogP contribution in [0, 0.1) is 11.3 Å². The zero-order valence-corrected chi connectivity index (χ0v) is 10.0. The summed E-state index contributed by atoms with van der Waals surface area (Å²) in [5.74, 6) is 0.142. The van der Waals surface area contributed by atoms with Crippen molar-refractivity contribution < 1.29 is 14.3 Å². The molecule has 1 fully saturated rings. The van der Waals surface area contributed by atoms with Gasteiger partial charge >= 0.3 is 5.97 Å². The van der Waals surface area contributed by atoms with E-state index in [2.05, 4.69) is 0 Å². The van der Waals surface area contributed by atoms with E-state index in [-0.39, 0.29) is 23.8 Å². The minimum atomic E-state index is -0.450. The summed E-state index contributed by atoms with van der Waals surface area (Å²) in [4.78, 5) is 22.7. The molecule has 0 saturated heterocycles. The summed E-state index contributed by atoms with van der Waals surface area (Å²) in [6, 6.07) is 0. The molecule has 1 saturated carbocycles. The highest BCUT2D eigenvalue weighted by molar-refractivity contribution is 5.79. The number of ketones is 1. The molecule has 0 aromatic carbocycles. The lowest BCUT2D eigenvalue weighted by molar-refractivity contribution is -0.158. The number of ether oxygens (including phenoxy) is 1. The molecule has 15 heavy (non-hydrogen) atoms. The second-order valence-corrected chi connectivity index (χ2v) is 5.40. The van der Waals surface area contributed by atoms with Crippen molar-refractivity contribution in [2.75, 3.05) is 0 Å². The molecule has 1 aliphatic carbocycles. The van der Waals surface area contributed by atoms with E-state index in [1.807, 2.05) is 20.8 Å². The van der Waals surface area contributed by atoms with Crippen LogP contribution in [0.5, 0.6) is 0 Å². The summed E-state index contributed by atoms with van der Waals surface area (Å²) in [6.45, 7) is 7.13.